The van der Waals surface area contributed by atoms with Crippen molar-refractivity contribution in [2.45, 2.75) is 34.1 Å². The quantitative estimate of drug-likeness (QED) is 0.505. The Morgan fingerprint density at radius 2 is 1.89 bits per heavy atom. The second-order valence-electron chi connectivity index (χ2n) is 1.20. The van der Waals surface area contributed by atoms with Crippen LogP contribution in [-0.2, 0) is 0 Å². The summed E-state index contributed by atoms with van der Waals surface area (Å²) < 4.78 is 0. The third-order valence-electron chi connectivity index (χ3n) is 0.576. The van der Waals surface area contributed by atoms with Gasteiger partial charge in [0, 0.05) is 12.4 Å². The molecule has 0 spiro atoms. The predicted octanol–water partition coefficient (Wildman–Crippen LogP) is 3.03. The molecule has 0 amide bonds. The molecule has 1 nitrogen and oxygen atoms in total. The van der Waals surface area contributed by atoms with Crippen LogP contribution in [0.3, 0.4) is 0 Å². The molecule has 0 unspecified atom stereocenters. The van der Waals surface area contributed by atoms with E-state index >= 15 is 0 Å². The summed E-state index contributed by atoms with van der Waals surface area (Å²) in [5, 5.41) is 0. The van der Waals surface area contributed by atoms with Crippen molar-refractivity contribution in [3.05, 3.63) is 12.3 Å². The molecule has 0 aromatic carbocycles. The topological polar surface area (TPSA) is 12.4 Å². The van der Waals surface area contributed by atoms with Crippen molar-refractivity contribution < 1.29 is 0 Å². The van der Waals surface area contributed by atoms with Crippen LogP contribution in [0, 0.1) is 0 Å². The first-order chi connectivity index (χ1) is 4.41. The zero-order chi connectivity index (χ0) is 7.54. The van der Waals surface area contributed by atoms with Gasteiger partial charge < -0.3 is 0 Å². The van der Waals surface area contributed by atoms with Crippen LogP contribution in [0.2, 0.25) is 0 Å². The van der Waals surface area contributed by atoms with E-state index in [9.17, 15) is 0 Å². The van der Waals surface area contributed by atoms with Crippen LogP contribution in [0.1, 0.15) is 34.1 Å². The van der Waals surface area contributed by atoms with E-state index in [0.29, 0.717) is 0 Å². The van der Waals surface area contributed by atoms with Crippen LogP contribution in [0.4, 0.5) is 0 Å². The van der Waals surface area contributed by atoms with Gasteiger partial charge in [-0.2, -0.15) is 0 Å². The lowest BCUT2D eigenvalue weighted by molar-refractivity contribution is 1.21. The zero-order valence-electron chi connectivity index (χ0n) is 6.89. The van der Waals surface area contributed by atoms with Crippen LogP contribution >= 0.6 is 0 Å². The molecule has 0 heterocycles. The summed E-state index contributed by atoms with van der Waals surface area (Å²) >= 11 is 0. The molecule has 1 heteroatoms. The van der Waals surface area contributed by atoms with Gasteiger partial charge in [0.25, 0.3) is 0 Å². The minimum Gasteiger partial charge on any atom is -0.270 e. The molecule has 54 valence electrons. The number of aliphatic imine (C=N–C) groups is 1. The van der Waals surface area contributed by atoms with E-state index in [4.69, 9.17) is 0 Å². The smallest absolute Gasteiger partial charge is 0.0223 e. The van der Waals surface area contributed by atoms with Gasteiger partial charge in [-0.1, -0.05) is 26.8 Å². The van der Waals surface area contributed by atoms with Crippen molar-refractivity contribution in [1.29, 1.82) is 0 Å². The highest BCUT2D eigenvalue weighted by molar-refractivity contribution is 5.54. The first-order valence-electron chi connectivity index (χ1n) is 3.54. The van der Waals surface area contributed by atoms with Crippen LogP contribution in [-0.4, -0.2) is 6.21 Å². The minimum atomic E-state index is 1.07. The Bertz CT molecular complexity index is 72.6. The molecule has 0 atom stereocenters. The molecule has 0 N–H and O–H groups in total. The predicted molar refractivity (Wildman–Crippen MR) is 44.9 cm³/mol. The summed E-state index contributed by atoms with van der Waals surface area (Å²) in [6, 6.07) is 0. The molecule has 0 rings (SSSR count). The Labute approximate surface area is 58.5 Å². The third kappa shape index (κ3) is 18.7. The Hall–Kier alpha value is -0.590. The van der Waals surface area contributed by atoms with Crippen LogP contribution in [0.15, 0.2) is 17.3 Å². The number of allylic oxidation sites excluding steroid dienone is 1. The zero-order valence-corrected chi connectivity index (χ0v) is 6.89. The molecule has 0 aliphatic carbocycles. The molecule has 9 heavy (non-hydrogen) atoms. The molecule has 0 fully saturated rings. The largest absolute Gasteiger partial charge is 0.270 e. The highest BCUT2D eigenvalue weighted by atomic mass is 14.6. The Morgan fingerprint density at radius 1 is 1.33 bits per heavy atom. The lowest BCUT2D eigenvalue weighted by Crippen LogP contribution is -1.53. The normalized spacial score (nSPS) is 9.78. The highest BCUT2D eigenvalue weighted by Gasteiger charge is 1.58. The van der Waals surface area contributed by atoms with Gasteiger partial charge in [0.1, 0.15) is 0 Å². The fourth-order valence-corrected chi connectivity index (χ4v) is 0.252. The van der Waals surface area contributed by atoms with Crippen LogP contribution < -0.4 is 0 Å². The molecular formula is C8H17N. The average molecular weight is 127 g/mol. The minimum absolute atomic E-state index is 1.07. The van der Waals surface area contributed by atoms with Gasteiger partial charge in [-0.25, -0.2) is 0 Å². The maximum absolute atomic E-state index is 3.86. The van der Waals surface area contributed by atoms with Crippen molar-refractivity contribution in [2.75, 3.05) is 0 Å². The van der Waals surface area contributed by atoms with Gasteiger partial charge in [0.2, 0.25) is 0 Å². The standard InChI is InChI=1S/C6H11N.C2H6/c1-3-5-6-7-4-2;1-2/h4-6H,3H2,1-2H3;1-2H3/b6-5-,7-4?;. The average Bonchev–Trinajstić information content (AvgIpc) is 1.94. The number of hydrogen-bond donors (Lipinski definition) is 0. The molecule has 0 aliphatic heterocycles. The molecule has 0 aromatic rings. The Balaban J connectivity index is 0. The molecular weight excluding hydrogens is 110 g/mol. The summed E-state index contributed by atoms with van der Waals surface area (Å²) in [4.78, 5) is 3.86. The van der Waals surface area contributed by atoms with E-state index in [2.05, 4.69) is 11.9 Å². The van der Waals surface area contributed by atoms with Crippen LogP contribution in [0.25, 0.3) is 0 Å². The summed E-state index contributed by atoms with van der Waals surface area (Å²) in [6.45, 7) is 7.99. The molecule has 0 aliphatic rings. The fourth-order valence-electron chi connectivity index (χ4n) is 0.252. The van der Waals surface area contributed by atoms with E-state index in [-0.39, 0.29) is 0 Å². The second-order valence-corrected chi connectivity index (χ2v) is 1.20. The molecule has 0 aromatic heterocycles. The maximum atomic E-state index is 3.86. The SMILES string of the molecule is CC.CC=N/C=C\CC. The van der Waals surface area contributed by atoms with Crippen molar-refractivity contribution in [3.8, 4) is 0 Å². The fraction of sp³-hybridized carbons (Fsp3) is 0.625. The van der Waals surface area contributed by atoms with Gasteiger partial charge in [-0.3, -0.25) is 4.99 Å². The first kappa shape index (κ1) is 11.2. The summed E-state index contributed by atoms with van der Waals surface area (Å²) in [5.74, 6) is 0. The summed E-state index contributed by atoms with van der Waals surface area (Å²) in [6.07, 6.45) is 6.66. The van der Waals surface area contributed by atoms with E-state index in [0.717, 1.165) is 6.42 Å². The molecule has 0 saturated heterocycles. The van der Waals surface area contributed by atoms with Gasteiger partial charge in [-0.05, 0) is 13.3 Å². The van der Waals surface area contributed by atoms with Gasteiger partial charge in [-0.15, -0.1) is 0 Å². The number of rotatable bonds is 2. The summed E-state index contributed by atoms with van der Waals surface area (Å²) in [5.41, 5.74) is 0. The van der Waals surface area contributed by atoms with Crippen molar-refractivity contribution in [1.82, 2.24) is 0 Å². The molecule has 0 bridgehead atoms. The lowest BCUT2D eigenvalue weighted by atomic mass is 10.5. The highest BCUT2D eigenvalue weighted by Crippen LogP contribution is 1.77. The van der Waals surface area contributed by atoms with Gasteiger partial charge in [0.05, 0.1) is 0 Å². The van der Waals surface area contributed by atoms with Gasteiger partial charge in [0.15, 0.2) is 0 Å². The first-order valence-corrected chi connectivity index (χ1v) is 3.54. The summed E-state index contributed by atoms with van der Waals surface area (Å²) in [7, 11) is 0. The van der Waals surface area contributed by atoms with Crippen LogP contribution in [0.5, 0.6) is 0 Å². The van der Waals surface area contributed by atoms with Crippen molar-refractivity contribution >= 4 is 6.21 Å². The van der Waals surface area contributed by atoms with E-state index in [1.165, 1.54) is 0 Å². The second kappa shape index (κ2) is 15.7. The van der Waals surface area contributed by atoms with Crippen molar-refractivity contribution in [2.24, 2.45) is 4.99 Å². The van der Waals surface area contributed by atoms with Crippen molar-refractivity contribution in [3.63, 3.8) is 0 Å². The lowest BCUT2D eigenvalue weighted by Gasteiger charge is -1.71. The number of hydrogen-bond acceptors (Lipinski definition) is 1. The molecule has 0 radical (unpaired) electrons. The monoisotopic (exact) mass is 127 g/mol. The Morgan fingerprint density at radius 3 is 2.22 bits per heavy atom. The van der Waals surface area contributed by atoms with E-state index < -0.39 is 0 Å². The Kier molecular flexibility index (Phi) is 19.5. The maximum Gasteiger partial charge on any atom is 0.0223 e. The third-order valence-corrected chi connectivity index (χ3v) is 0.576. The van der Waals surface area contributed by atoms with E-state index in [1.54, 1.807) is 12.4 Å². The van der Waals surface area contributed by atoms with Gasteiger partial charge >= 0.3 is 0 Å². The van der Waals surface area contributed by atoms with E-state index in [1.807, 2.05) is 26.8 Å². The number of nitrogens with zero attached hydrogens (tertiary/aromatic N) is 1. The molecule has 0 saturated carbocycles.